The number of aliphatic hydroxyl groups excluding tert-OH is 1. The predicted octanol–water partition coefficient (Wildman–Crippen LogP) is 2.34. The molecule has 0 heterocycles. The molecule has 232 valence electrons. The number of hydrogen-bond donors (Lipinski definition) is 6. The summed E-state index contributed by atoms with van der Waals surface area (Å²) < 4.78 is 26.4. The Hall–Kier alpha value is -3.29. The van der Waals surface area contributed by atoms with Crippen LogP contribution in [0, 0.1) is 0 Å². The van der Waals surface area contributed by atoms with Crippen molar-refractivity contribution in [3.8, 4) is 0 Å². The lowest BCUT2D eigenvalue weighted by atomic mass is 10.1. The molecule has 0 spiro atoms. The molecule has 0 aromatic rings. The second-order valence-corrected chi connectivity index (χ2v) is 11.7. The number of sulfone groups is 1. The van der Waals surface area contributed by atoms with E-state index in [1.165, 1.54) is 24.6 Å². The maximum Gasteiger partial charge on any atom is 0.327 e. The van der Waals surface area contributed by atoms with Crippen LogP contribution in [0.15, 0.2) is 48.6 Å². The number of aliphatic carboxylic acids is 3. The molecule has 41 heavy (non-hydrogen) atoms. The molecule has 0 fully saturated rings. The third kappa shape index (κ3) is 18.6. The first-order valence-corrected chi connectivity index (χ1v) is 15.3. The molecule has 0 aliphatic rings. The van der Waals surface area contributed by atoms with Crippen molar-refractivity contribution in [2.75, 3.05) is 5.75 Å². The summed E-state index contributed by atoms with van der Waals surface area (Å²) in [6, 6.07) is -3.29. The zero-order valence-corrected chi connectivity index (χ0v) is 24.2. The maximum atomic E-state index is 13.2. The topological polar surface area (TPSA) is 221 Å². The van der Waals surface area contributed by atoms with Gasteiger partial charge in [-0.1, -0.05) is 68.4 Å². The van der Waals surface area contributed by atoms with Crippen molar-refractivity contribution in [1.29, 1.82) is 0 Å². The number of aliphatic hydroxyl groups is 1. The fourth-order valence-corrected chi connectivity index (χ4v) is 5.44. The minimum atomic E-state index is -4.40. The Kier molecular flexibility index (Phi) is 19.7. The van der Waals surface area contributed by atoms with Crippen molar-refractivity contribution in [3.63, 3.8) is 0 Å². The molecule has 0 aromatic carbocycles. The van der Waals surface area contributed by atoms with E-state index in [9.17, 15) is 37.8 Å². The smallest absolute Gasteiger partial charge is 0.327 e. The van der Waals surface area contributed by atoms with Gasteiger partial charge in [0.05, 0.1) is 17.9 Å². The van der Waals surface area contributed by atoms with Gasteiger partial charge in [-0.05, 0) is 38.5 Å². The molecule has 0 radical (unpaired) electrons. The highest BCUT2D eigenvalue weighted by Gasteiger charge is 2.36. The molecular weight excluding hydrogens is 556 g/mol. The molecular formula is C28H44N2O10S. The Bertz CT molecular complexity index is 1050. The highest BCUT2D eigenvalue weighted by atomic mass is 32.2. The van der Waals surface area contributed by atoms with Gasteiger partial charge >= 0.3 is 17.9 Å². The second-order valence-electron chi connectivity index (χ2n) is 9.49. The Labute approximate surface area is 241 Å². The molecule has 0 aromatic heterocycles. The van der Waals surface area contributed by atoms with E-state index in [0.29, 0.717) is 0 Å². The molecule has 0 aliphatic heterocycles. The predicted molar refractivity (Wildman–Crippen MR) is 155 cm³/mol. The van der Waals surface area contributed by atoms with Gasteiger partial charge in [0, 0.05) is 12.8 Å². The third-order valence-corrected chi connectivity index (χ3v) is 7.99. The van der Waals surface area contributed by atoms with Gasteiger partial charge in [-0.3, -0.25) is 14.4 Å². The number of carboxylic acids is 3. The van der Waals surface area contributed by atoms with Gasteiger partial charge in [0.15, 0.2) is 9.84 Å². The van der Waals surface area contributed by atoms with Crippen LogP contribution in [-0.4, -0.2) is 81.8 Å². The zero-order chi connectivity index (χ0) is 31.3. The van der Waals surface area contributed by atoms with Crippen LogP contribution < -0.4 is 11.1 Å². The standard InChI is InChI=1S/C28H44N2O10S/c1-2-3-4-5-6-7-8-9-10-11-12-13-16-24(23(31)15-14-17-25(32)33)41(39,40)20-22(28(37)38)30-27(36)21(29)18-19-26(34)35/h6-7,9-13,16,21-24,31H,2-5,8,14-15,17-20,29H2,1H3,(H,30,36)(H,32,33)(H,34,35)(H,37,38). The van der Waals surface area contributed by atoms with Crippen LogP contribution in [-0.2, 0) is 29.0 Å². The average Bonchev–Trinajstić information content (AvgIpc) is 2.88. The molecule has 0 saturated heterocycles. The van der Waals surface area contributed by atoms with E-state index in [1.807, 2.05) is 17.5 Å². The highest BCUT2D eigenvalue weighted by Crippen LogP contribution is 2.17. The van der Waals surface area contributed by atoms with Gasteiger partial charge in [0.1, 0.15) is 11.3 Å². The number of carbonyl (C=O) groups is 4. The van der Waals surface area contributed by atoms with Crippen molar-refractivity contribution in [2.24, 2.45) is 5.73 Å². The lowest BCUT2D eigenvalue weighted by Gasteiger charge is -2.23. The number of unbranched alkanes of at least 4 members (excludes halogenated alkanes) is 3. The molecule has 0 saturated carbocycles. The number of carboxylic acid groups (broad SMARTS) is 3. The van der Waals surface area contributed by atoms with Gasteiger partial charge in [-0.2, -0.15) is 0 Å². The SMILES string of the molecule is CCCCCC=CCC=CC=CC=CC(C(O)CCCC(=O)O)S(=O)(=O)CC(NC(=O)C(N)CCC(=O)O)C(=O)O. The van der Waals surface area contributed by atoms with Crippen LogP contribution in [0.2, 0.25) is 0 Å². The molecule has 4 atom stereocenters. The first kappa shape index (κ1) is 37.7. The summed E-state index contributed by atoms with van der Waals surface area (Å²) in [4.78, 5) is 45.5. The molecule has 4 unspecified atom stereocenters. The lowest BCUT2D eigenvalue weighted by molar-refractivity contribution is -0.141. The van der Waals surface area contributed by atoms with Crippen LogP contribution in [0.5, 0.6) is 0 Å². The molecule has 12 nitrogen and oxygen atoms in total. The Morgan fingerprint density at radius 2 is 1.51 bits per heavy atom. The van der Waals surface area contributed by atoms with Gasteiger partial charge in [0.2, 0.25) is 5.91 Å². The number of nitrogens with one attached hydrogen (secondary N) is 1. The lowest BCUT2D eigenvalue weighted by Crippen LogP contribution is -2.52. The third-order valence-electron chi connectivity index (χ3n) is 5.89. The monoisotopic (exact) mass is 600 g/mol. The van der Waals surface area contributed by atoms with E-state index in [0.717, 1.165) is 25.7 Å². The highest BCUT2D eigenvalue weighted by molar-refractivity contribution is 7.92. The van der Waals surface area contributed by atoms with E-state index in [2.05, 4.69) is 13.0 Å². The zero-order valence-electron chi connectivity index (χ0n) is 23.4. The Morgan fingerprint density at radius 3 is 2.12 bits per heavy atom. The first-order chi connectivity index (χ1) is 19.3. The van der Waals surface area contributed by atoms with Crippen LogP contribution in [0.1, 0.15) is 71.1 Å². The summed E-state index contributed by atoms with van der Waals surface area (Å²) in [6.07, 6.45) is 16.0. The average molecular weight is 601 g/mol. The van der Waals surface area contributed by atoms with Crippen LogP contribution in [0.25, 0.3) is 0 Å². The van der Waals surface area contributed by atoms with Crippen molar-refractivity contribution in [1.82, 2.24) is 5.32 Å². The summed E-state index contributed by atoms with van der Waals surface area (Å²) in [5.74, 6) is -6.12. The maximum absolute atomic E-state index is 13.2. The largest absolute Gasteiger partial charge is 0.481 e. The molecule has 13 heteroatoms. The molecule has 1 amide bonds. The minimum Gasteiger partial charge on any atom is -0.481 e. The number of allylic oxidation sites excluding steroid dienone is 7. The summed E-state index contributed by atoms with van der Waals surface area (Å²) in [6.45, 7) is 2.14. The van der Waals surface area contributed by atoms with E-state index < -0.39 is 69.3 Å². The quantitative estimate of drug-likeness (QED) is 0.0567. The van der Waals surface area contributed by atoms with Crippen LogP contribution in [0.4, 0.5) is 0 Å². The number of carbonyl (C=O) groups excluding carboxylic acids is 1. The number of rotatable bonds is 23. The van der Waals surface area contributed by atoms with Gasteiger partial charge in [-0.25, -0.2) is 13.2 Å². The van der Waals surface area contributed by atoms with Crippen molar-refractivity contribution < 1.29 is 48.0 Å². The fraction of sp³-hybridized carbons (Fsp3) is 0.571. The summed E-state index contributed by atoms with van der Waals surface area (Å²) in [5, 5.41) is 38.1. The first-order valence-electron chi connectivity index (χ1n) is 13.6. The number of nitrogens with two attached hydrogens (primary N) is 1. The summed E-state index contributed by atoms with van der Waals surface area (Å²) in [5.41, 5.74) is 5.59. The van der Waals surface area contributed by atoms with Gasteiger partial charge in [-0.15, -0.1) is 0 Å². The minimum absolute atomic E-state index is 0.0155. The van der Waals surface area contributed by atoms with Crippen molar-refractivity contribution >= 4 is 33.7 Å². The number of hydrogen-bond acceptors (Lipinski definition) is 8. The van der Waals surface area contributed by atoms with E-state index in [1.54, 1.807) is 12.2 Å². The van der Waals surface area contributed by atoms with Crippen molar-refractivity contribution in [3.05, 3.63) is 48.6 Å². The molecule has 0 aliphatic carbocycles. The number of amides is 1. The van der Waals surface area contributed by atoms with Gasteiger partial charge < -0.3 is 31.5 Å². The molecule has 7 N–H and O–H groups in total. The van der Waals surface area contributed by atoms with Crippen molar-refractivity contribution in [2.45, 2.75) is 94.6 Å². The fourth-order valence-electron chi connectivity index (χ4n) is 3.58. The van der Waals surface area contributed by atoms with E-state index in [4.69, 9.17) is 15.9 Å². The summed E-state index contributed by atoms with van der Waals surface area (Å²) >= 11 is 0. The second kappa shape index (κ2) is 21.5. The molecule has 0 rings (SSSR count). The molecule has 0 bridgehead atoms. The van der Waals surface area contributed by atoms with E-state index in [-0.39, 0.29) is 25.7 Å². The Balaban J connectivity index is 5.52. The Morgan fingerprint density at radius 1 is 0.854 bits per heavy atom. The summed E-state index contributed by atoms with van der Waals surface area (Å²) in [7, 11) is -4.40. The van der Waals surface area contributed by atoms with Gasteiger partial charge in [0.25, 0.3) is 0 Å². The van der Waals surface area contributed by atoms with Crippen LogP contribution in [0.3, 0.4) is 0 Å². The van der Waals surface area contributed by atoms with Crippen LogP contribution >= 0.6 is 0 Å². The van der Waals surface area contributed by atoms with E-state index >= 15 is 0 Å². The normalized spacial score (nSPS) is 15.4.